The largest absolute Gasteiger partial charge is 0.465 e. The molecule has 0 fully saturated rings. The van der Waals surface area contributed by atoms with Crippen LogP contribution in [0.1, 0.15) is 37.5 Å². The molecule has 2 aromatic carbocycles. The van der Waals surface area contributed by atoms with Crippen molar-refractivity contribution < 1.29 is 22.7 Å². The Labute approximate surface area is 185 Å². The fourth-order valence-corrected chi connectivity index (χ4v) is 4.02. The molecule has 1 amide bonds. The minimum atomic E-state index is -4.26. The van der Waals surface area contributed by atoms with Gasteiger partial charge in [0, 0.05) is 11.9 Å². The molecule has 1 aromatic heterocycles. The summed E-state index contributed by atoms with van der Waals surface area (Å²) >= 11 is 4.51. The second-order valence-corrected chi connectivity index (χ2v) is 9.43. The Kier molecular flexibility index (Phi) is 6.14. The van der Waals surface area contributed by atoms with Gasteiger partial charge in [0.05, 0.1) is 18.2 Å². The van der Waals surface area contributed by atoms with E-state index in [2.05, 4.69) is 12.2 Å². The quantitative estimate of drug-likeness (QED) is 0.454. The third-order valence-electron chi connectivity index (χ3n) is 4.77. The number of nitrogens with zero attached hydrogens (tertiary/aromatic N) is 1. The van der Waals surface area contributed by atoms with Crippen LogP contribution in [0.3, 0.4) is 0 Å². The van der Waals surface area contributed by atoms with Crippen LogP contribution in [0.2, 0.25) is 0 Å². The van der Waals surface area contributed by atoms with E-state index in [0.717, 1.165) is 27.6 Å². The van der Waals surface area contributed by atoms with Crippen molar-refractivity contribution >= 4 is 49.3 Å². The van der Waals surface area contributed by atoms with Gasteiger partial charge in [-0.25, -0.2) is 9.52 Å². The molecule has 0 radical (unpaired) electrons. The SMILES string of the molecule is COC(=O)c1ccc(Cn2c(C(=O)NS(=O)(=O)C(N)=S)cc3cc(C)cc(C)c32)cc1. The molecule has 10 heteroatoms. The summed E-state index contributed by atoms with van der Waals surface area (Å²) in [5, 5.41) is 0.793. The number of fused-ring (bicyclic) bond motifs is 1. The number of thiocarbonyl (C=S) groups is 1. The van der Waals surface area contributed by atoms with E-state index >= 15 is 0 Å². The first-order valence-corrected chi connectivity index (χ1v) is 11.1. The lowest BCUT2D eigenvalue weighted by atomic mass is 10.1. The zero-order valence-electron chi connectivity index (χ0n) is 17.1. The lowest BCUT2D eigenvalue weighted by Gasteiger charge is -2.13. The van der Waals surface area contributed by atoms with Crippen LogP contribution in [-0.2, 0) is 21.3 Å². The molecule has 0 aliphatic heterocycles. The number of methoxy groups -OCH3 is 1. The van der Waals surface area contributed by atoms with Crippen molar-refractivity contribution in [3.05, 3.63) is 70.4 Å². The highest BCUT2D eigenvalue weighted by Crippen LogP contribution is 2.26. The summed E-state index contributed by atoms with van der Waals surface area (Å²) in [4.78, 5) is 24.5. The second-order valence-electron chi connectivity index (χ2n) is 7.08. The Balaban J connectivity index is 2.10. The molecule has 0 saturated carbocycles. The van der Waals surface area contributed by atoms with Gasteiger partial charge in [0.25, 0.3) is 15.9 Å². The van der Waals surface area contributed by atoms with Crippen molar-refractivity contribution in [3.63, 3.8) is 0 Å². The maximum atomic E-state index is 12.8. The Morgan fingerprint density at radius 1 is 1.13 bits per heavy atom. The van der Waals surface area contributed by atoms with E-state index in [0.29, 0.717) is 5.56 Å². The number of esters is 1. The van der Waals surface area contributed by atoms with Crippen molar-refractivity contribution in [3.8, 4) is 0 Å². The average molecular weight is 460 g/mol. The first-order chi connectivity index (χ1) is 14.5. The minimum Gasteiger partial charge on any atom is -0.465 e. The van der Waals surface area contributed by atoms with Crippen LogP contribution in [0.4, 0.5) is 0 Å². The second kappa shape index (κ2) is 8.48. The van der Waals surface area contributed by atoms with Crippen LogP contribution in [0, 0.1) is 13.8 Å². The molecule has 31 heavy (non-hydrogen) atoms. The fraction of sp³-hybridized carbons (Fsp3) is 0.190. The van der Waals surface area contributed by atoms with Gasteiger partial charge in [-0.1, -0.05) is 23.8 Å². The van der Waals surface area contributed by atoms with Crippen molar-refractivity contribution in [1.29, 1.82) is 0 Å². The van der Waals surface area contributed by atoms with Crippen molar-refractivity contribution in [1.82, 2.24) is 9.29 Å². The van der Waals surface area contributed by atoms with Crippen LogP contribution in [0.15, 0.2) is 42.5 Å². The molecule has 0 aliphatic rings. The van der Waals surface area contributed by atoms with E-state index in [1.54, 1.807) is 34.9 Å². The van der Waals surface area contributed by atoms with E-state index in [1.807, 2.05) is 30.7 Å². The molecule has 0 aliphatic carbocycles. The molecular weight excluding hydrogens is 438 g/mol. The average Bonchev–Trinajstić information content (AvgIpc) is 3.06. The smallest absolute Gasteiger partial charge is 0.337 e. The van der Waals surface area contributed by atoms with Gasteiger partial charge in [-0.3, -0.25) is 4.79 Å². The number of ether oxygens (including phenoxy) is 1. The molecule has 0 saturated heterocycles. The predicted molar refractivity (Wildman–Crippen MR) is 121 cm³/mol. The zero-order valence-corrected chi connectivity index (χ0v) is 18.8. The summed E-state index contributed by atoms with van der Waals surface area (Å²) in [6.07, 6.45) is 0. The highest BCUT2D eigenvalue weighted by molar-refractivity contribution is 8.16. The van der Waals surface area contributed by atoms with E-state index in [4.69, 9.17) is 10.5 Å². The molecule has 0 unspecified atom stereocenters. The fourth-order valence-electron chi connectivity index (χ4n) is 3.44. The van der Waals surface area contributed by atoms with E-state index in [-0.39, 0.29) is 12.2 Å². The monoisotopic (exact) mass is 459 g/mol. The topological polar surface area (TPSA) is 120 Å². The van der Waals surface area contributed by atoms with Crippen LogP contribution in [-0.4, -0.2) is 36.3 Å². The van der Waals surface area contributed by atoms with Crippen LogP contribution < -0.4 is 10.5 Å². The number of carbonyl (C=O) groups is 2. The maximum Gasteiger partial charge on any atom is 0.337 e. The maximum absolute atomic E-state index is 12.8. The first-order valence-electron chi connectivity index (χ1n) is 9.18. The molecule has 1 heterocycles. The number of carbonyl (C=O) groups excluding carboxylic acids is 2. The number of aromatic nitrogens is 1. The van der Waals surface area contributed by atoms with Gasteiger partial charge in [0.15, 0.2) is 0 Å². The summed E-state index contributed by atoms with van der Waals surface area (Å²) in [6, 6.07) is 12.3. The summed E-state index contributed by atoms with van der Waals surface area (Å²) in [5.41, 5.74) is 9.28. The Morgan fingerprint density at radius 3 is 2.35 bits per heavy atom. The predicted octanol–water partition coefficient (Wildman–Crippen LogP) is 2.40. The standard InChI is InChI=1S/C21H21N3O5S2/c1-12-8-13(2)18-16(9-12)10-17(19(25)23-31(27,28)21(22)30)24(18)11-14-4-6-15(7-5-14)20(26)29-3/h4-10H,11H2,1-3H3,(H2,22,30)(H,23,25). The zero-order chi connectivity index (χ0) is 22.9. The Hall–Kier alpha value is -3.24. The number of nitrogens with one attached hydrogen (secondary N) is 1. The molecule has 0 spiro atoms. The van der Waals surface area contributed by atoms with Crippen molar-refractivity contribution in [2.45, 2.75) is 20.4 Å². The third-order valence-corrected chi connectivity index (χ3v) is 6.41. The van der Waals surface area contributed by atoms with Gasteiger partial charge in [-0.2, -0.15) is 8.42 Å². The Bertz CT molecular complexity index is 1310. The normalized spacial score (nSPS) is 11.3. The van der Waals surface area contributed by atoms with E-state index in [1.165, 1.54) is 7.11 Å². The Morgan fingerprint density at radius 2 is 1.77 bits per heavy atom. The number of hydrogen-bond acceptors (Lipinski definition) is 6. The van der Waals surface area contributed by atoms with Gasteiger partial charge < -0.3 is 15.0 Å². The number of benzene rings is 2. The number of hydrogen-bond donors (Lipinski definition) is 2. The van der Waals surface area contributed by atoms with E-state index in [9.17, 15) is 18.0 Å². The highest BCUT2D eigenvalue weighted by atomic mass is 32.2. The van der Waals surface area contributed by atoms with Crippen molar-refractivity contribution in [2.75, 3.05) is 7.11 Å². The number of aryl methyl sites for hydroxylation is 2. The molecular formula is C21H21N3O5S2. The number of rotatable bonds is 4. The van der Waals surface area contributed by atoms with Gasteiger partial charge in [-0.15, -0.1) is 0 Å². The number of nitrogens with two attached hydrogens (primary N) is 1. The highest BCUT2D eigenvalue weighted by Gasteiger charge is 2.23. The third kappa shape index (κ3) is 4.59. The van der Waals surface area contributed by atoms with Crippen LogP contribution >= 0.6 is 12.2 Å². The minimum absolute atomic E-state index is 0.139. The lowest BCUT2D eigenvalue weighted by molar-refractivity contribution is 0.0600. The van der Waals surface area contributed by atoms with Gasteiger partial charge in [-0.05, 0) is 61.5 Å². The van der Waals surface area contributed by atoms with E-state index < -0.39 is 26.2 Å². The van der Waals surface area contributed by atoms with Gasteiger partial charge in [0.1, 0.15) is 5.69 Å². The number of amides is 1. The lowest BCUT2D eigenvalue weighted by Crippen LogP contribution is -2.39. The molecule has 3 N–H and O–H groups in total. The first kappa shape index (κ1) is 22.4. The molecule has 0 bridgehead atoms. The van der Waals surface area contributed by atoms with Gasteiger partial charge in [0.2, 0.25) is 4.32 Å². The molecule has 3 rings (SSSR count). The van der Waals surface area contributed by atoms with Gasteiger partial charge >= 0.3 is 5.97 Å². The molecule has 0 atom stereocenters. The number of sulfonamides is 1. The summed E-state index contributed by atoms with van der Waals surface area (Å²) in [6.45, 7) is 4.12. The molecule has 162 valence electrons. The van der Waals surface area contributed by atoms with Crippen LogP contribution in [0.25, 0.3) is 10.9 Å². The summed E-state index contributed by atoms with van der Waals surface area (Å²) in [7, 11) is -2.96. The summed E-state index contributed by atoms with van der Waals surface area (Å²) < 4.78 is 31.5. The van der Waals surface area contributed by atoms with Crippen LogP contribution in [0.5, 0.6) is 0 Å². The molecule has 3 aromatic rings. The van der Waals surface area contributed by atoms with Crippen molar-refractivity contribution in [2.24, 2.45) is 5.73 Å². The summed E-state index contributed by atoms with van der Waals surface area (Å²) in [5.74, 6) is -1.29. The molecule has 8 nitrogen and oxygen atoms in total.